The fourth-order valence-electron chi connectivity index (χ4n) is 2.71. The zero-order valence-corrected chi connectivity index (χ0v) is 18.7. The molecule has 0 aliphatic heterocycles. The second-order valence-corrected chi connectivity index (χ2v) is 8.56. The van der Waals surface area contributed by atoms with Gasteiger partial charge in [-0.3, -0.25) is 5.32 Å². The van der Waals surface area contributed by atoms with Crippen LogP contribution in [0.2, 0.25) is 10.0 Å². The van der Waals surface area contributed by atoms with Gasteiger partial charge in [-0.1, -0.05) is 23.2 Å². The summed E-state index contributed by atoms with van der Waals surface area (Å²) in [6.07, 6.45) is -11.0. The van der Waals surface area contributed by atoms with Crippen LogP contribution < -0.4 is 5.32 Å². The molecule has 0 saturated heterocycles. The Hall–Kier alpha value is -3.00. The minimum Gasteiger partial charge on any atom is -0.493 e. The van der Waals surface area contributed by atoms with Crippen LogP contribution in [0, 0.1) is 0 Å². The molecule has 0 saturated carbocycles. The topological polar surface area (TPSA) is 102 Å². The van der Waals surface area contributed by atoms with E-state index in [9.17, 15) is 36.2 Å². The molecular formula is C18H13Cl2F6N5O3. The Kier molecular flexibility index (Phi) is 6.28. The van der Waals surface area contributed by atoms with Gasteiger partial charge in [0.25, 0.3) is 0 Å². The molecule has 0 bridgehead atoms. The number of carbonyl (C=O) groups excluding carboxylic acids is 1. The number of amides is 1. The number of nitrogens with zero attached hydrogens (tertiary/aromatic N) is 4. The molecule has 0 spiro atoms. The monoisotopic (exact) mass is 531 g/mol. The molecule has 3 aromatic rings. The fraction of sp³-hybridized carbons (Fsp3) is 0.333. The van der Waals surface area contributed by atoms with Crippen molar-refractivity contribution >= 4 is 46.1 Å². The number of hydrogen-bond donors (Lipinski definition) is 2. The summed E-state index contributed by atoms with van der Waals surface area (Å²) in [6.45, 7) is 4.55. The molecule has 0 aliphatic carbocycles. The quantitative estimate of drug-likeness (QED) is 0.381. The molecular weight excluding hydrogens is 519 g/mol. The lowest BCUT2D eigenvalue weighted by Crippen LogP contribution is -2.28. The highest BCUT2D eigenvalue weighted by atomic mass is 35.5. The Labute approximate surface area is 196 Å². The minimum absolute atomic E-state index is 0.451. The van der Waals surface area contributed by atoms with E-state index in [-0.39, 0.29) is 0 Å². The zero-order valence-electron chi connectivity index (χ0n) is 17.2. The van der Waals surface area contributed by atoms with Crippen molar-refractivity contribution in [3.8, 4) is 11.6 Å². The third-order valence-electron chi connectivity index (χ3n) is 3.94. The minimum atomic E-state index is -5.07. The van der Waals surface area contributed by atoms with Gasteiger partial charge in [-0.05, 0) is 32.9 Å². The summed E-state index contributed by atoms with van der Waals surface area (Å²) in [5.41, 5.74) is -3.45. The van der Waals surface area contributed by atoms with E-state index in [1.165, 1.54) is 20.8 Å². The Morgan fingerprint density at radius 2 is 1.59 bits per heavy atom. The van der Waals surface area contributed by atoms with Gasteiger partial charge in [0.05, 0.1) is 15.6 Å². The average Bonchev–Trinajstić information content (AvgIpc) is 2.96. The zero-order chi connectivity index (χ0) is 25.8. The first kappa shape index (κ1) is 25.6. The molecule has 8 nitrogen and oxygen atoms in total. The molecule has 3 rings (SSSR count). The van der Waals surface area contributed by atoms with Gasteiger partial charge in [-0.2, -0.15) is 31.3 Å². The predicted octanol–water partition coefficient (Wildman–Crippen LogP) is 6.21. The highest BCUT2D eigenvalue weighted by Gasteiger charge is 2.38. The van der Waals surface area contributed by atoms with Crippen LogP contribution in [0.5, 0.6) is 5.88 Å². The van der Waals surface area contributed by atoms with Gasteiger partial charge < -0.3 is 9.84 Å². The Morgan fingerprint density at radius 1 is 1.03 bits per heavy atom. The van der Waals surface area contributed by atoms with Gasteiger partial charge in [-0.15, -0.1) is 5.10 Å². The third kappa shape index (κ3) is 5.22. The van der Waals surface area contributed by atoms with Crippen molar-refractivity contribution in [2.24, 2.45) is 0 Å². The van der Waals surface area contributed by atoms with Gasteiger partial charge in [0.15, 0.2) is 11.5 Å². The summed E-state index contributed by atoms with van der Waals surface area (Å²) in [5, 5.41) is 14.3. The number of hydrogen-bond acceptors (Lipinski definition) is 6. The smallest absolute Gasteiger partial charge is 0.451 e. The molecule has 0 unspecified atom stereocenters. The maximum atomic E-state index is 13.1. The standard InChI is InChI=1S/C18H13Cl2F6N5O3/c1-16(2,3)34-15(33)28-12-9-11(27-14(18(24,25)26)29-13(9)32)30-31(12)10-7(19)4-6(5-8(10)20)17(21,22)23/h4-5H,1-3H3,(H,28,33)(H,27,29,30,32). The predicted molar refractivity (Wildman–Crippen MR) is 108 cm³/mol. The van der Waals surface area contributed by atoms with E-state index in [4.69, 9.17) is 27.9 Å². The van der Waals surface area contributed by atoms with E-state index >= 15 is 0 Å². The number of benzene rings is 1. The van der Waals surface area contributed by atoms with Crippen molar-refractivity contribution in [3.63, 3.8) is 0 Å². The van der Waals surface area contributed by atoms with E-state index in [0.717, 1.165) is 0 Å². The number of halogens is 8. The summed E-state index contributed by atoms with van der Waals surface area (Å²) in [6, 6.07) is 0.998. The Balaban J connectivity index is 2.31. The van der Waals surface area contributed by atoms with Crippen molar-refractivity contribution in [2.75, 3.05) is 5.32 Å². The van der Waals surface area contributed by atoms with Gasteiger partial charge in [0.2, 0.25) is 11.7 Å². The van der Waals surface area contributed by atoms with Crippen molar-refractivity contribution in [1.82, 2.24) is 19.7 Å². The van der Waals surface area contributed by atoms with Crippen molar-refractivity contribution in [2.45, 2.75) is 38.7 Å². The molecule has 2 N–H and O–H groups in total. The first-order valence-corrected chi connectivity index (χ1v) is 9.77. The largest absolute Gasteiger partial charge is 0.493 e. The normalized spacial score (nSPS) is 12.8. The van der Waals surface area contributed by atoms with Crippen molar-refractivity contribution in [1.29, 1.82) is 0 Å². The molecule has 0 atom stereocenters. The van der Waals surface area contributed by atoms with Crippen LogP contribution in [0.3, 0.4) is 0 Å². The van der Waals surface area contributed by atoms with Crippen molar-refractivity contribution < 1.29 is 41.0 Å². The Morgan fingerprint density at radius 3 is 2.06 bits per heavy atom. The number of carbonyl (C=O) groups is 1. The highest BCUT2D eigenvalue weighted by Crippen LogP contribution is 2.41. The second-order valence-electron chi connectivity index (χ2n) is 7.74. The number of alkyl halides is 6. The summed E-state index contributed by atoms with van der Waals surface area (Å²) in [5.74, 6) is -3.54. The maximum Gasteiger partial charge on any atom is 0.451 e. The molecule has 0 fully saturated rings. The first-order chi connectivity index (χ1) is 15.4. The molecule has 16 heteroatoms. The number of fused-ring (bicyclic) bond motifs is 1. The first-order valence-electron chi connectivity index (χ1n) is 9.02. The Bertz CT molecular complexity index is 1260. The van der Waals surface area contributed by atoms with E-state index in [0.29, 0.717) is 16.8 Å². The number of nitrogens with one attached hydrogen (secondary N) is 1. The summed E-state index contributed by atoms with van der Waals surface area (Å²) < 4.78 is 84.3. The molecule has 1 amide bonds. The number of ether oxygens (including phenoxy) is 1. The van der Waals surface area contributed by atoms with Crippen LogP contribution in [-0.4, -0.2) is 36.5 Å². The highest BCUT2D eigenvalue weighted by molar-refractivity contribution is 6.38. The number of anilines is 1. The van der Waals surface area contributed by atoms with Gasteiger partial charge in [0.1, 0.15) is 16.7 Å². The fourth-order valence-corrected chi connectivity index (χ4v) is 3.36. The summed E-state index contributed by atoms with van der Waals surface area (Å²) in [4.78, 5) is 18.6. The molecule has 34 heavy (non-hydrogen) atoms. The molecule has 0 aliphatic rings. The molecule has 0 radical (unpaired) electrons. The van der Waals surface area contributed by atoms with E-state index in [2.05, 4.69) is 20.4 Å². The van der Waals surface area contributed by atoms with Crippen LogP contribution in [0.4, 0.5) is 37.0 Å². The molecule has 2 aromatic heterocycles. The van der Waals surface area contributed by atoms with Crippen LogP contribution in [-0.2, 0) is 17.1 Å². The number of aromatic hydroxyl groups is 1. The molecule has 2 heterocycles. The van der Waals surface area contributed by atoms with Gasteiger partial charge in [0, 0.05) is 0 Å². The van der Waals surface area contributed by atoms with Crippen LogP contribution in [0.1, 0.15) is 32.2 Å². The molecule has 1 aromatic carbocycles. The van der Waals surface area contributed by atoms with Crippen LogP contribution in [0.15, 0.2) is 12.1 Å². The SMILES string of the molecule is CC(C)(C)OC(=O)Nc1c2c(O)nc(C(F)(F)F)nc2nn1-c1c(Cl)cc(C(F)(F)F)cc1Cl. The lowest BCUT2D eigenvalue weighted by atomic mass is 10.2. The number of rotatable bonds is 2. The van der Waals surface area contributed by atoms with Gasteiger partial charge >= 0.3 is 18.4 Å². The lowest BCUT2D eigenvalue weighted by Gasteiger charge is -2.20. The number of aromatic nitrogens is 4. The lowest BCUT2D eigenvalue weighted by molar-refractivity contribution is -0.145. The summed E-state index contributed by atoms with van der Waals surface area (Å²) in [7, 11) is 0. The van der Waals surface area contributed by atoms with E-state index in [1.54, 1.807) is 0 Å². The van der Waals surface area contributed by atoms with E-state index in [1.807, 2.05) is 0 Å². The molecule has 184 valence electrons. The van der Waals surface area contributed by atoms with E-state index < -0.39 is 73.9 Å². The van der Waals surface area contributed by atoms with Crippen LogP contribution >= 0.6 is 23.2 Å². The second kappa shape index (κ2) is 8.34. The van der Waals surface area contributed by atoms with Crippen LogP contribution in [0.25, 0.3) is 16.7 Å². The van der Waals surface area contributed by atoms with Crippen molar-refractivity contribution in [3.05, 3.63) is 33.6 Å². The maximum absolute atomic E-state index is 13.1. The summed E-state index contributed by atoms with van der Waals surface area (Å²) >= 11 is 12.0. The third-order valence-corrected chi connectivity index (χ3v) is 4.52. The average molecular weight is 532 g/mol. The van der Waals surface area contributed by atoms with Gasteiger partial charge in [-0.25, -0.2) is 14.5 Å².